The second kappa shape index (κ2) is 4.89. The van der Waals surface area contributed by atoms with Crippen LogP contribution in [0.4, 0.5) is 22.0 Å². The van der Waals surface area contributed by atoms with E-state index in [0.717, 1.165) is 6.07 Å². The molecule has 0 spiro atoms. The maximum atomic E-state index is 13.3. The number of ketones is 1. The van der Waals surface area contributed by atoms with E-state index in [1.165, 1.54) is 0 Å². The van der Waals surface area contributed by atoms with E-state index in [-0.39, 0.29) is 4.47 Å². The highest BCUT2D eigenvalue weighted by Gasteiger charge is 2.50. The van der Waals surface area contributed by atoms with Gasteiger partial charge in [0.1, 0.15) is 0 Å². The van der Waals surface area contributed by atoms with Crippen molar-refractivity contribution in [3.8, 4) is 0 Å². The summed E-state index contributed by atoms with van der Waals surface area (Å²) in [5.74, 6) is -8.72. The van der Waals surface area contributed by atoms with Gasteiger partial charge in [-0.3, -0.25) is 4.79 Å². The van der Waals surface area contributed by atoms with Crippen LogP contribution >= 0.6 is 27.5 Å². The van der Waals surface area contributed by atoms with Crippen molar-refractivity contribution in [1.82, 2.24) is 0 Å². The first-order chi connectivity index (χ1) is 7.69. The molecule has 0 fully saturated rings. The zero-order valence-corrected chi connectivity index (χ0v) is 10.1. The minimum atomic E-state index is -4.95. The Hall–Kier alpha value is -0.690. The van der Waals surface area contributed by atoms with E-state index >= 15 is 0 Å². The third-order valence-corrected chi connectivity index (χ3v) is 3.12. The van der Waals surface area contributed by atoms with Gasteiger partial charge >= 0.3 is 12.3 Å². The van der Waals surface area contributed by atoms with E-state index in [2.05, 4.69) is 15.9 Å². The van der Waals surface area contributed by atoms with Gasteiger partial charge in [0.15, 0.2) is 5.82 Å². The summed E-state index contributed by atoms with van der Waals surface area (Å²) in [5.41, 5.74) is -1.18. The standard InChI is InChI=1S/C9H3BrClF5O/c10-4-2-1-3(6(12)5(4)11)7(17)9(15,16)8(13)14/h1-2,8H. The summed E-state index contributed by atoms with van der Waals surface area (Å²) in [6, 6.07) is 1.67. The highest BCUT2D eigenvalue weighted by atomic mass is 79.9. The Labute approximate surface area is 106 Å². The molecule has 94 valence electrons. The van der Waals surface area contributed by atoms with E-state index in [1.54, 1.807) is 0 Å². The number of Topliss-reactive ketones (excluding diaryl/α,β-unsaturated/α-hetero) is 1. The highest BCUT2D eigenvalue weighted by molar-refractivity contribution is 9.10. The molecule has 1 aromatic rings. The summed E-state index contributed by atoms with van der Waals surface area (Å²) in [6.45, 7) is 0. The Balaban J connectivity index is 3.28. The Kier molecular flexibility index (Phi) is 4.14. The van der Waals surface area contributed by atoms with Crippen LogP contribution in [0.15, 0.2) is 16.6 Å². The van der Waals surface area contributed by atoms with Crippen LogP contribution in [0.2, 0.25) is 5.02 Å². The number of carbonyl (C=O) groups is 1. The fourth-order valence-electron chi connectivity index (χ4n) is 0.980. The second-order valence-electron chi connectivity index (χ2n) is 2.98. The molecule has 1 nitrogen and oxygen atoms in total. The van der Waals surface area contributed by atoms with Gasteiger partial charge in [0.2, 0.25) is 5.78 Å². The number of rotatable bonds is 3. The molecule has 1 aromatic carbocycles. The number of hydrogen-bond donors (Lipinski definition) is 0. The monoisotopic (exact) mass is 336 g/mol. The van der Waals surface area contributed by atoms with E-state index in [0.29, 0.717) is 6.07 Å². The van der Waals surface area contributed by atoms with Crippen molar-refractivity contribution in [3.05, 3.63) is 33.0 Å². The number of alkyl halides is 4. The Morgan fingerprint density at radius 2 is 1.88 bits per heavy atom. The number of halogens is 7. The van der Waals surface area contributed by atoms with Crippen LogP contribution < -0.4 is 0 Å². The van der Waals surface area contributed by atoms with Crippen LogP contribution in [0.5, 0.6) is 0 Å². The maximum absolute atomic E-state index is 13.3. The maximum Gasteiger partial charge on any atom is 0.368 e. The molecule has 0 aliphatic rings. The highest BCUT2D eigenvalue weighted by Crippen LogP contribution is 2.33. The molecule has 0 radical (unpaired) electrons. The largest absolute Gasteiger partial charge is 0.368 e. The van der Waals surface area contributed by atoms with Crippen LogP contribution in [-0.2, 0) is 0 Å². The number of benzene rings is 1. The van der Waals surface area contributed by atoms with E-state index < -0.39 is 34.5 Å². The second-order valence-corrected chi connectivity index (χ2v) is 4.21. The molecule has 0 heterocycles. The lowest BCUT2D eigenvalue weighted by Crippen LogP contribution is -2.37. The molecule has 0 aliphatic carbocycles. The lowest BCUT2D eigenvalue weighted by molar-refractivity contribution is -0.0959. The molecule has 1 rings (SSSR count). The first-order valence-corrected chi connectivity index (χ1v) is 5.21. The molecule has 0 saturated heterocycles. The summed E-state index contributed by atoms with van der Waals surface area (Å²) in [7, 11) is 0. The van der Waals surface area contributed by atoms with E-state index in [9.17, 15) is 26.7 Å². The van der Waals surface area contributed by atoms with Crippen LogP contribution in [0.1, 0.15) is 10.4 Å². The fourth-order valence-corrected chi connectivity index (χ4v) is 1.45. The third-order valence-electron chi connectivity index (χ3n) is 1.86. The molecule has 0 atom stereocenters. The van der Waals surface area contributed by atoms with Gasteiger partial charge in [0.05, 0.1) is 10.6 Å². The Morgan fingerprint density at radius 3 is 2.35 bits per heavy atom. The minimum Gasteiger partial charge on any atom is -0.287 e. The predicted octanol–water partition coefficient (Wildman–Crippen LogP) is 4.32. The molecule has 0 unspecified atom stereocenters. The summed E-state index contributed by atoms with van der Waals surface area (Å²) < 4.78 is 62.7. The molecule has 0 saturated carbocycles. The Bertz CT molecular complexity index is 463. The van der Waals surface area contributed by atoms with Crippen molar-refractivity contribution in [1.29, 1.82) is 0 Å². The van der Waals surface area contributed by atoms with Crippen molar-refractivity contribution < 1.29 is 26.7 Å². The fraction of sp³-hybridized carbons (Fsp3) is 0.222. The van der Waals surface area contributed by atoms with Crippen LogP contribution in [0.25, 0.3) is 0 Å². The molecule has 0 amide bonds. The predicted molar refractivity (Wildman–Crippen MR) is 54.4 cm³/mol. The average molecular weight is 337 g/mol. The molecular formula is C9H3BrClF5O. The first kappa shape index (κ1) is 14.4. The molecule has 8 heteroatoms. The van der Waals surface area contributed by atoms with Gasteiger partial charge in [0, 0.05) is 4.47 Å². The molecule has 0 N–H and O–H groups in total. The topological polar surface area (TPSA) is 17.1 Å². The molecule has 0 bridgehead atoms. The van der Waals surface area contributed by atoms with Crippen molar-refractivity contribution in [2.24, 2.45) is 0 Å². The van der Waals surface area contributed by atoms with Crippen LogP contribution in [0, 0.1) is 5.82 Å². The molecule has 17 heavy (non-hydrogen) atoms. The summed E-state index contributed by atoms with van der Waals surface area (Å²) in [6.07, 6.45) is -4.21. The smallest absolute Gasteiger partial charge is 0.287 e. The summed E-state index contributed by atoms with van der Waals surface area (Å²) in [4.78, 5) is 11.0. The van der Waals surface area contributed by atoms with Gasteiger partial charge in [-0.15, -0.1) is 0 Å². The molecular weight excluding hydrogens is 334 g/mol. The van der Waals surface area contributed by atoms with Gasteiger partial charge in [0.25, 0.3) is 0 Å². The number of carbonyl (C=O) groups excluding carboxylic acids is 1. The zero-order valence-electron chi connectivity index (χ0n) is 7.79. The minimum absolute atomic E-state index is 0.0218. The first-order valence-electron chi connectivity index (χ1n) is 4.03. The normalized spacial score (nSPS) is 12.0. The van der Waals surface area contributed by atoms with E-state index in [1.807, 2.05) is 0 Å². The number of hydrogen-bond acceptors (Lipinski definition) is 1. The SMILES string of the molecule is O=C(c1ccc(Br)c(Cl)c1F)C(F)(F)C(F)F. The van der Waals surface area contributed by atoms with Crippen LogP contribution in [0.3, 0.4) is 0 Å². The van der Waals surface area contributed by atoms with Crippen LogP contribution in [-0.4, -0.2) is 18.1 Å². The molecule has 0 aromatic heterocycles. The third kappa shape index (κ3) is 2.60. The zero-order chi connectivity index (χ0) is 13.4. The van der Waals surface area contributed by atoms with Gasteiger partial charge in [-0.05, 0) is 28.1 Å². The average Bonchev–Trinajstić information content (AvgIpc) is 2.25. The van der Waals surface area contributed by atoms with Gasteiger partial charge < -0.3 is 0 Å². The van der Waals surface area contributed by atoms with Crippen molar-refractivity contribution >= 4 is 33.3 Å². The van der Waals surface area contributed by atoms with Gasteiger partial charge in [-0.25, -0.2) is 13.2 Å². The summed E-state index contributed by atoms with van der Waals surface area (Å²) in [5, 5.41) is -0.624. The lowest BCUT2D eigenvalue weighted by Gasteiger charge is -2.14. The van der Waals surface area contributed by atoms with E-state index in [4.69, 9.17) is 11.6 Å². The lowest BCUT2D eigenvalue weighted by atomic mass is 10.1. The van der Waals surface area contributed by atoms with Crippen molar-refractivity contribution in [2.75, 3.05) is 0 Å². The van der Waals surface area contributed by atoms with Gasteiger partial charge in [-0.2, -0.15) is 8.78 Å². The van der Waals surface area contributed by atoms with Crippen molar-refractivity contribution in [2.45, 2.75) is 12.3 Å². The van der Waals surface area contributed by atoms with Gasteiger partial charge in [-0.1, -0.05) is 11.6 Å². The quantitative estimate of drug-likeness (QED) is 0.456. The molecule has 0 aliphatic heterocycles. The summed E-state index contributed by atoms with van der Waals surface area (Å²) >= 11 is 8.14. The Morgan fingerprint density at radius 1 is 1.35 bits per heavy atom. The van der Waals surface area contributed by atoms with Crippen molar-refractivity contribution in [3.63, 3.8) is 0 Å².